The van der Waals surface area contributed by atoms with Crippen molar-refractivity contribution in [2.75, 3.05) is 0 Å². The molecule has 0 saturated carbocycles. The summed E-state index contributed by atoms with van der Waals surface area (Å²) >= 11 is 12.1. The van der Waals surface area contributed by atoms with E-state index in [0.717, 1.165) is 11.8 Å². The normalized spacial score (nSPS) is 10.7. The van der Waals surface area contributed by atoms with E-state index in [9.17, 15) is 9.18 Å². The average Bonchev–Trinajstić information content (AvgIpc) is 3.24. The molecule has 0 unspecified atom stereocenters. The summed E-state index contributed by atoms with van der Waals surface area (Å²) in [7, 11) is 0. The van der Waals surface area contributed by atoms with Crippen molar-refractivity contribution in [1.29, 1.82) is 0 Å². The number of amides is 1. The second kappa shape index (κ2) is 9.16. The predicted octanol–water partition coefficient (Wildman–Crippen LogP) is 5.44. The Hall–Kier alpha value is -3.42. The van der Waals surface area contributed by atoms with E-state index < -0.39 is 5.82 Å². The predicted molar refractivity (Wildman–Crippen MR) is 115 cm³/mol. The van der Waals surface area contributed by atoms with Crippen LogP contribution in [0.3, 0.4) is 0 Å². The van der Waals surface area contributed by atoms with Gasteiger partial charge in [0.05, 0.1) is 16.2 Å². The third-order valence-electron chi connectivity index (χ3n) is 4.30. The van der Waals surface area contributed by atoms with Crippen molar-refractivity contribution in [1.82, 2.24) is 19.9 Å². The summed E-state index contributed by atoms with van der Waals surface area (Å²) in [5.74, 6) is 0.536. The molecule has 4 aromatic rings. The number of hydrogen-bond acceptors (Lipinski definition) is 4. The third kappa shape index (κ3) is 5.02. The van der Waals surface area contributed by atoms with Crippen molar-refractivity contribution in [3.05, 3.63) is 100 Å². The zero-order chi connectivity index (χ0) is 21.8. The van der Waals surface area contributed by atoms with Crippen LogP contribution in [-0.4, -0.2) is 20.4 Å². The first-order valence-electron chi connectivity index (χ1n) is 9.15. The Labute approximate surface area is 187 Å². The number of carbonyl (C=O) groups excluding carboxylic acids is 1. The molecule has 0 aliphatic carbocycles. The molecule has 0 aliphatic rings. The van der Waals surface area contributed by atoms with Crippen LogP contribution in [0, 0.1) is 5.82 Å². The molecule has 0 radical (unpaired) electrons. The van der Waals surface area contributed by atoms with E-state index in [2.05, 4.69) is 15.3 Å². The van der Waals surface area contributed by atoms with Crippen LogP contribution >= 0.6 is 23.2 Å². The fraction of sp³-hybridized carbons (Fsp3) is 0.0455. The standard InChI is InChI=1S/C22H15Cl2FN4O2/c23-15-10-18(24)21(27-12-15)29-9-1-2-19(29)22(30)28-11-14-3-6-17(7-4-14)31-20-8-5-16(25)13-26-20/h1-10,12-13H,11H2,(H,28,30). The van der Waals surface area contributed by atoms with E-state index in [4.69, 9.17) is 27.9 Å². The van der Waals surface area contributed by atoms with Gasteiger partial charge >= 0.3 is 0 Å². The van der Waals surface area contributed by atoms with Crippen molar-refractivity contribution < 1.29 is 13.9 Å². The van der Waals surface area contributed by atoms with Crippen LogP contribution in [0.5, 0.6) is 11.6 Å². The highest BCUT2D eigenvalue weighted by molar-refractivity contribution is 6.35. The molecule has 0 saturated heterocycles. The molecule has 6 nitrogen and oxygen atoms in total. The SMILES string of the molecule is O=C(NCc1ccc(Oc2ccc(F)cn2)cc1)c1cccn1-c1ncc(Cl)cc1Cl. The van der Waals surface area contributed by atoms with Gasteiger partial charge in [-0.05, 0) is 42.0 Å². The Bertz CT molecular complexity index is 1210. The van der Waals surface area contributed by atoms with Gasteiger partial charge in [-0.25, -0.2) is 14.4 Å². The second-order valence-electron chi connectivity index (χ2n) is 6.47. The second-order valence-corrected chi connectivity index (χ2v) is 7.31. The van der Waals surface area contributed by atoms with E-state index in [-0.39, 0.29) is 11.8 Å². The van der Waals surface area contributed by atoms with Gasteiger partial charge in [-0.1, -0.05) is 35.3 Å². The number of nitrogens with zero attached hydrogens (tertiary/aromatic N) is 3. The molecule has 3 heterocycles. The van der Waals surface area contributed by atoms with Gasteiger partial charge in [0.15, 0.2) is 5.82 Å². The van der Waals surface area contributed by atoms with E-state index >= 15 is 0 Å². The number of pyridine rings is 2. The minimum Gasteiger partial charge on any atom is -0.439 e. The molecule has 9 heteroatoms. The van der Waals surface area contributed by atoms with Gasteiger partial charge in [0.1, 0.15) is 17.3 Å². The molecule has 0 spiro atoms. The average molecular weight is 457 g/mol. The summed E-state index contributed by atoms with van der Waals surface area (Å²) in [4.78, 5) is 20.8. The first-order valence-corrected chi connectivity index (χ1v) is 9.90. The van der Waals surface area contributed by atoms with E-state index in [0.29, 0.717) is 33.9 Å². The quantitative estimate of drug-likeness (QED) is 0.419. The number of hydrogen-bond donors (Lipinski definition) is 1. The third-order valence-corrected chi connectivity index (χ3v) is 4.78. The smallest absolute Gasteiger partial charge is 0.268 e. The van der Waals surface area contributed by atoms with Crippen molar-refractivity contribution in [3.8, 4) is 17.4 Å². The summed E-state index contributed by atoms with van der Waals surface area (Å²) in [6.07, 6.45) is 4.25. The fourth-order valence-electron chi connectivity index (χ4n) is 2.83. The molecule has 0 bridgehead atoms. The van der Waals surface area contributed by atoms with E-state index in [1.807, 2.05) is 12.1 Å². The lowest BCUT2D eigenvalue weighted by Crippen LogP contribution is -2.25. The molecule has 1 N–H and O–H groups in total. The lowest BCUT2D eigenvalue weighted by Gasteiger charge is -2.11. The van der Waals surface area contributed by atoms with Gasteiger partial charge in [0.25, 0.3) is 5.91 Å². The van der Waals surface area contributed by atoms with Crippen LogP contribution in [0.1, 0.15) is 16.1 Å². The minimum absolute atomic E-state index is 0.284. The van der Waals surface area contributed by atoms with Crippen LogP contribution in [0.4, 0.5) is 4.39 Å². The number of rotatable bonds is 6. The highest BCUT2D eigenvalue weighted by Crippen LogP contribution is 2.23. The molecule has 0 atom stereocenters. The lowest BCUT2D eigenvalue weighted by molar-refractivity contribution is 0.0944. The molecule has 4 rings (SSSR count). The number of nitrogens with one attached hydrogen (secondary N) is 1. The number of ether oxygens (including phenoxy) is 1. The van der Waals surface area contributed by atoms with Gasteiger partial charge < -0.3 is 10.1 Å². The van der Waals surface area contributed by atoms with Crippen molar-refractivity contribution in [2.24, 2.45) is 0 Å². The highest BCUT2D eigenvalue weighted by atomic mass is 35.5. The lowest BCUT2D eigenvalue weighted by atomic mass is 10.2. The zero-order valence-electron chi connectivity index (χ0n) is 15.9. The molecule has 156 valence electrons. The first-order chi connectivity index (χ1) is 15.0. The monoisotopic (exact) mass is 456 g/mol. The molecule has 1 aromatic carbocycles. The Morgan fingerprint density at radius 3 is 2.58 bits per heavy atom. The van der Waals surface area contributed by atoms with E-state index in [1.54, 1.807) is 41.1 Å². The molecule has 1 amide bonds. The van der Waals surface area contributed by atoms with Crippen LogP contribution < -0.4 is 10.1 Å². The minimum atomic E-state index is -0.432. The molecule has 31 heavy (non-hydrogen) atoms. The van der Waals surface area contributed by atoms with Gasteiger partial charge in [-0.3, -0.25) is 9.36 Å². The first kappa shape index (κ1) is 20.8. The van der Waals surface area contributed by atoms with Crippen molar-refractivity contribution in [2.45, 2.75) is 6.54 Å². The van der Waals surface area contributed by atoms with Crippen molar-refractivity contribution in [3.63, 3.8) is 0 Å². The van der Waals surface area contributed by atoms with Crippen LogP contribution in [-0.2, 0) is 6.54 Å². The summed E-state index contributed by atoms with van der Waals surface area (Å²) in [5.41, 5.74) is 1.26. The maximum Gasteiger partial charge on any atom is 0.268 e. The molecule has 0 fully saturated rings. The summed E-state index contributed by atoms with van der Waals surface area (Å²) < 4.78 is 20.1. The van der Waals surface area contributed by atoms with Gasteiger partial charge in [-0.15, -0.1) is 0 Å². The summed E-state index contributed by atoms with van der Waals surface area (Å²) in [5, 5.41) is 3.61. The molecule has 0 aliphatic heterocycles. The number of aromatic nitrogens is 3. The Kier molecular flexibility index (Phi) is 6.16. The zero-order valence-corrected chi connectivity index (χ0v) is 17.4. The number of halogens is 3. The maximum atomic E-state index is 12.9. The van der Waals surface area contributed by atoms with E-state index in [1.165, 1.54) is 18.3 Å². The number of benzene rings is 1. The van der Waals surface area contributed by atoms with Gasteiger partial charge in [0, 0.05) is 25.0 Å². The van der Waals surface area contributed by atoms with Crippen LogP contribution in [0.15, 0.2) is 73.2 Å². The fourth-order valence-corrected chi connectivity index (χ4v) is 3.30. The molecular formula is C22H15Cl2FN4O2. The summed E-state index contributed by atoms with van der Waals surface area (Å²) in [6, 6.07) is 14.8. The van der Waals surface area contributed by atoms with Gasteiger partial charge in [0.2, 0.25) is 5.88 Å². The van der Waals surface area contributed by atoms with Crippen LogP contribution in [0.2, 0.25) is 10.0 Å². The number of carbonyl (C=O) groups is 1. The summed E-state index contributed by atoms with van der Waals surface area (Å²) in [6.45, 7) is 0.306. The Balaban J connectivity index is 1.40. The largest absolute Gasteiger partial charge is 0.439 e. The topological polar surface area (TPSA) is 69.0 Å². The highest BCUT2D eigenvalue weighted by Gasteiger charge is 2.15. The molecular weight excluding hydrogens is 442 g/mol. The Morgan fingerprint density at radius 2 is 1.87 bits per heavy atom. The van der Waals surface area contributed by atoms with Crippen LogP contribution in [0.25, 0.3) is 5.82 Å². The maximum absolute atomic E-state index is 12.9. The Morgan fingerprint density at radius 1 is 1.06 bits per heavy atom. The molecule has 3 aromatic heterocycles. The van der Waals surface area contributed by atoms with Gasteiger partial charge in [-0.2, -0.15) is 0 Å². The van der Waals surface area contributed by atoms with Crippen molar-refractivity contribution >= 4 is 29.1 Å².